The first kappa shape index (κ1) is 19.1. The van der Waals surface area contributed by atoms with E-state index >= 15 is 0 Å². The van der Waals surface area contributed by atoms with Crippen LogP contribution in [0.4, 0.5) is 0 Å². The van der Waals surface area contributed by atoms with Crippen molar-refractivity contribution in [2.24, 2.45) is 22.1 Å². The normalized spacial score (nSPS) is 39.1. The highest BCUT2D eigenvalue weighted by molar-refractivity contribution is 5.36. The Kier molecular flexibility index (Phi) is 5.93. The molecule has 4 heteroatoms. The molecular weight excluding hydrogens is 336 g/mol. The van der Waals surface area contributed by atoms with Crippen molar-refractivity contribution in [3.8, 4) is 0 Å². The van der Waals surface area contributed by atoms with Gasteiger partial charge in [0.05, 0.1) is 18.2 Å². The quantitative estimate of drug-likeness (QED) is 0.639. The number of azo groups is 1. The predicted octanol–water partition coefficient (Wildman–Crippen LogP) is 5.69. The fraction of sp³-hybridized carbons (Fsp3) is 0.739. The maximum absolute atomic E-state index is 5.85. The number of hydrogen-bond donors (Lipinski definition) is 0. The Balaban J connectivity index is 1.62. The van der Waals surface area contributed by atoms with Gasteiger partial charge in [0.2, 0.25) is 0 Å². The first-order chi connectivity index (χ1) is 13.2. The summed E-state index contributed by atoms with van der Waals surface area (Å²) in [5, 5.41) is 9.93. The monoisotopic (exact) mass is 370 g/mol. The predicted molar refractivity (Wildman–Crippen MR) is 107 cm³/mol. The first-order valence-electron chi connectivity index (χ1n) is 10.8. The largest absolute Gasteiger partial charge is 0.379 e. The zero-order valence-corrected chi connectivity index (χ0v) is 17.0. The molecule has 1 aromatic carbocycles. The lowest BCUT2D eigenvalue weighted by Crippen LogP contribution is -2.43. The molecule has 0 amide bonds. The van der Waals surface area contributed by atoms with E-state index < -0.39 is 0 Å². The number of fused-ring (bicyclic) bond motifs is 2. The van der Waals surface area contributed by atoms with Gasteiger partial charge < -0.3 is 9.47 Å². The molecule has 7 unspecified atom stereocenters. The van der Waals surface area contributed by atoms with E-state index in [1.807, 2.05) is 14.2 Å². The smallest absolute Gasteiger partial charge is 0.122 e. The molecule has 3 aliphatic carbocycles. The fourth-order valence-corrected chi connectivity index (χ4v) is 5.83. The van der Waals surface area contributed by atoms with Crippen molar-refractivity contribution in [3.05, 3.63) is 35.4 Å². The zero-order chi connectivity index (χ0) is 18.8. The summed E-state index contributed by atoms with van der Waals surface area (Å²) in [6.07, 6.45) is 9.07. The summed E-state index contributed by atoms with van der Waals surface area (Å²) in [6, 6.07) is 8.90. The molecule has 0 spiro atoms. The third-order valence-corrected chi connectivity index (χ3v) is 7.32. The summed E-state index contributed by atoms with van der Waals surface area (Å²) in [6.45, 7) is 2.28. The Hall–Kier alpha value is -1.26. The topological polar surface area (TPSA) is 43.2 Å². The van der Waals surface area contributed by atoms with Crippen LogP contribution in [0.25, 0.3) is 0 Å². The van der Waals surface area contributed by atoms with Crippen molar-refractivity contribution in [2.45, 2.75) is 82.1 Å². The second kappa shape index (κ2) is 8.40. The van der Waals surface area contributed by atoms with Crippen LogP contribution in [-0.2, 0) is 9.47 Å². The van der Waals surface area contributed by atoms with Crippen molar-refractivity contribution >= 4 is 0 Å². The van der Waals surface area contributed by atoms with Gasteiger partial charge in [0, 0.05) is 14.2 Å². The summed E-state index contributed by atoms with van der Waals surface area (Å²) in [4.78, 5) is 0. The summed E-state index contributed by atoms with van der Waals surface area (Å²) in [7, 11) is 3.65. The van der Waals surface area contributed by atoms with Crippen LogP contribution >= 0.6 is 0 Å². The molecule has 0 saturated heterocycles. The second-order valence-corrected chi connectivity index (χ2v) is 8.77. The van der Waals surface area contributed by atoms with E-state index in [-0.39, 0.29) is 24.3 Å². The van der Waals surface area contributed by atoms with Gasteiger partial charge in [-0.2, -0.15) is 10.2 Å². The van der Waals surface area contributed by atoms with Crippen LogP contribution in [0.1, 0.15) is 75.0 Å². The highest BCUT2D eigenvalue weighted by Gasteiger charge is 2.41. The molecule has 148 valence electrons. The third-order valence-electron chi connectivity index (χ3n) is 7.32. The van der Waals surface area contributed by atoms with E-state index in [4.69, 9.17) is 19.7 Å². The molecule has 1 aromatic rings. The second-order valence-electron chi connectivity index (χ2n) is 8.77. The van der Waals surface area contributed by atoms with Crippen LogP contribution in [0, 0.1) is 11.8 Å². The fourth-order valence-electron chi connectivity index (χ4n) is 5.83. The summed E-state index contributed by atoms with van der Waals surface area (Å²) in [5.74, 6) is 1.95. The highest BCUT2D eigenvalue weighted by atomic mass is 16.5. The lowest BCUT2D eigenvalue weighted by Gasteiger charge is -2.43. The molecule has 4 rings (SSSR count). The zero-order valence-electron chi connectivity index (χ0n) is 17.0. The van der Waals surface area contributed by atoms with Crippen LogP contribution in [0.15, 0.2) is 34.5 Å². The number of methoxy groups -OCH3 is 2. The molecule has 0 radical (unpaired) electrons. The Labute approximate surface area is 163 Å². The van der Waals surface area contributed by atoms with Gasteiger partial charge in [0.25, 0.3) is 0 Å². The molecule has 27 heavy (non-hydrogen) atoms. The number of rotatable bonds is 4. The molecule has 3 aliphatic rings. The van der Waals surface area contributed by atoms with E-state index in [2.05, 4.69) is 31.2 Å². The number of nitrogens with zero attached hydrogens (tertiary/aromatic N) is 2. The average Bonchev–Trinajstić information content (AvgIpc) is 2.72. The molecular formula is C23H34N2O2. The Bertz CT molecular complexity index is 662. The molecule has 2 fully saturated rings. The molecule has 0 aliphatic heterocycles. The number of hydrogen-bond acceptors (Lipinski definition) is 4. The maximum atomic E-state index is 5.85. The minimum absolute atomic E-state index is 0.00359. The van der Waals surface area contributed by atoms with Gasteiger partial charge in [0.1, 0.15) is 6.04 Å². The van der Waals surface area contributed by atoms with Gasteiger partial charge in [0.15, 0.2) is 0 Å². The lowest BCUT2D eigenvalue weighted by atomic mass is 9.67. The average molecular weight is 371 g/mol. The van der Waals surface area contributed by atoms with E-state index in [1.165, 1.54) is 43.2 Å². The molecule has 0 bridgehead atoms. The molecule has 0 heterocycles. The van der Waals surface area contributed by atoms with Crippen molar-refractivity contribution < 1.29 is 9.47 Å². The van der Waals surface area contributed by atoms with Crippen LogP contribution in [0.2, 0.25) is 0 Å². The Morgan fingerprint density at radius 2 is 1.59 bits per heavy atom. The van der Waals surface area contributed by atoms with Crippen molar-refractivity contribution in [1.29, 1.82) is 0 Å². The van der Waals surface area contributed by atoms with E-state index in [1.54, 1.807) is 0 Å². The van der Waals surface area contributed by atoms with Gasteiger partial charge in [-0.3, -0.25) is 0 Å². The van der Waals surface area contributed by atoms with Crippen molar-refractivity contribution in [2.75, 3.05) is 14.2 Å². The lowest BCUT2D eigenvalue weighted by molar-refractivity contribution is -0.00753. The standard InChI is InChI=1S/C23H34N2O2/c1-15-14-21(27-3)23(19-11-7-6-9-17(15)19)25-24-22-18-10-5-4-8-16(18)12-13-20(22)26-2/h6-7,9,11,15-16,18,20-23H,4-5,8,10,12-14H2,1-3H3. The Morgan fingerprint density at radius 3 is 2.37 bits per heavy atom. The molecule has 4 nitrogen and oxygen atoms in total. The molecule has 0 N–H and O–H groups in total. The minimum Gasteiger partial charge on any atom is -0.379 e. The van der Waals surface area contributed by atoms with Gasteiger partial charge in [-0.1, -0.05) is 50.5 Å². The first-order valence-corrected chi connectivity index (χ1v) is 10.8. The van der Waals surface area contributed by atoms with E-state index in [9.17, 15) is 0 Å². The van der Waals surface area contributed by atoms with Crippen molar-refractivity contribution in [1.82, 2.24) is 0 Å². The highest BCUT2D eigenvalue weighted by Crippen LogP contribution is 2.45. The van der Waals surface area contributed by atoms with Crippen LogP contribution in [0.5, 0.6) is 0 Å². The van der Waals surface area contributed by atoms with Gasteiger partial charge in [-0.15, -0.1) is 0 Å². The SMILES string of the molecule is COC1CC(C)c2ccccc2C1N=NC1C(OC)CCC2CCCCC21. The Morgan fingerprint density at radius 1 is 0.852 bits per heavy atom. The molecule has 0 aromatic heterocycles. The minimum atomic E-state index is 0.00359. The summed E-state index contributed by atoms with van der Waals surface area (Å²) >= 11 is 0. The third kappa shape index (κ3) is 3.71. The van der Waals surface area contributed by atoms with Crippen molar-refractivity contribution in [3.63, 3.8) is 0 Å². The van der Waals surface area contributed by atoms with Gasteiger partial charge >= 0.3 is 0 Å². The van der Waals surface area contributed by atoms with Crippen LogP contribution in [-0.4, -0.2) is 32.5 Å². The van der Waals surface area contributed by atoms with Crippen LogP contribution in [0.3, 0.4) is 0 Å². The number of benzene rings is 1. The summed E-state index contributed by atoms with van der Waals surface area (Å²) in [5.41, 5.74) is 2.69. The summed E-state index contributed by atoms with van der Waals surface area (Å²) < 4.78 is 11.7. The maximum Gasteiger partial charge on any atom is 0.122 e. The van der Waals surface area contributed by atoms with Crippen LogP contribution < -0.4 is 0 Å². The molecule has 7 atom stereocenters. The number of ether oxygens (including phenoxy) is 2. The molecule has 2 saturated carbocycles. The van der Waals surface area contributed by atoms with Gasteiger partial charge in [-0.25, -0.2) is 0 Å². The van der Waals surface area contributed by atoms with Gasteiger partial charge in [-0.05, 0) is 54.6 Å². The van der Waals surface area contributed by atoms with E-state index in [0.717, 1.165) is 18.8 Å². The van der Waals surface area contributed by atoms with E-state index in [0.29, 0.717) is 11.8 Å².